The Kier molecular flexibility index (Phi) is 4.14. The summed E-state index contributed by atoms with van der Waals surface area (Å²) in [5.41, 5.74) is 1.85. The fraction of sp³-hybridized carbons (Fsp3) is 0.588. The third-order valence-electron chi connectivity index (χ3n) is 4.19. The molecular weight excluding hydrogens is 232 g/mol. The highest BCUT2D eigenvalue weighted by molar-refractivity contribution is 5.47. The first-order chi connectivity index (χ1) is 9.01. The quantitative estimate of drug-likeness (QED) is 0.865. The minimum absolute atomic E-state index is 0.405. The molecule has 2 unspecified atom stereocenters. The van der Waals surface area contributed by atoms with Crippen molar-refractivity contribution in [2.75, 3.05) is 5.32 Å². The molecule has 1 saturated carbocycles. The number of hydrogen-bond acceptors (Lipinski definition) is 2. The number of nitrogens with one attached hydrogen (secondary N) is 1. The molecular formula is C17H24N2. The summed E-state index contributed by atoms with van der Waals surface area (Å²) < 4.78 is 0. The van der Waals surface area contributed by atoms with Gasteiger partial charge in [0, 0.05) is 11.7 Å². The molecule has 1 aliphatic rings. The van der Waals surface area contributed by atoms with Crippen LogP contribution in [-0.4, -0.2) is 6.04 Å². The molecule has 0 heterocycles. The minimum Gasteiger partial charge on any atom is -0.382 e. The topological polar surface area (TPSA) is 35.8 Å². The second kappa shape index (κ2) is 5.65. The normalized spacial score (nSPS) is 23.7. The average molecular weight is 256 g/mol. The van der Waals surface area contributed by atoms with E-state index < -0.39 is 5.41 Å². The van der Waals surface area contributed by atoms with Crippen molar-refractivity contribution in [2.24, 2.45) is 5.92 Å². The van der Waals surface area contributed by atoms with Crippen molar-refractivity contribution >= 4 is 5.69 Å². The lowest BCUT2D eigenvalue weighted by Gasteiger charge is -2.28. The lowest BCUT2D eigenvalue weighted by molar-refractivity contribution is 0.358. The zero-order valence-corrected chi connectivity index (χ0v) is 12.2. The highest BCUT2D eigenvalue weighted by Gasteiger charge is 2.20. The Balaban J connectivity index is 2.01. The standard InChI is InChI=1S/C17H24N2/c1-13-5-4-6-16(11-13)19-15-9-7-14(8-10-15)17(2,3)12-18/h7-10,13,16,19H,4-6,11H2,1-3H3. The zero-order chi connectivity index (χ0) is 13.9. The summed E-state index contributed by atoms with van der Waals surface area (Å²) in [5.74, 6) is 0.836. The molecule has 1 fully saturated rings. The van der Waals surface area contributed by atoms with E-state index in [0.717, 1.165) is 11.5 Å². The number of nitrogens with zero attached hydrogens (tertiary/aromatic N) is 1. The van der Waals surface area contributed by atoms with E-state index in [2.05, 4.69) is 42.6 Å². The maximum atomic E-state index is 9.14. The van der Waals surface area contributed by atoms with Crippen LogP contribution in [0.5, 0.6) is 0 Å². The van der Waals surface area contributed by atoms with Gasteiger partial charge in [0.1, 0.15) is 0 Å². The Morgan fingerprint density at radius 2 is 1.89 bits per heavy atom. The molecule has 2 heteroatoms. The minimum atomic E-state index is -0.405. The van der Waals surface area contributed by atoms with Gasteiger partial charge in [-0.2, -0.15) is 5.26 Å². The molecule has 2 atom stereocenters. The van der Waals surface area contributed by atoms with Gasteiger partial charge in [-0.1, -0.05) is 31.9 Å². The van der Waals surface area contributed by atoms with E-state index in [1.54, 1.807) is 0 Å². The van der Waals surface area contributed by atoms with Crippen molar-refractivity contribution in [3.63, 3.8) is 0 Å². The molecule has 19 heavy (non-hydrogen) atoms. The Labute approximate surface area is 116 Å². The molecule has 2 rings (SSSR count). The van der Waals surface area contributed by atoms with E-state index in [9.17, 15) is 0 Å². The number of benzene rings is 1. The monoisotopic (exact) mass is 256 g/mol. The predicted octanol–water partition coefficient (Wildman–Crippen LogP) is 4.48. The van der Waals surface area contributed by atoms with Crippen molar-refractivity contribution in [3.8, 4) is 6.07 Å². The maximum Gasteiger partial charge on any atom is 0.0766 e. The molecule has 2 nitrogen and oxygen atoms in total. The van der Waals surface area contributed by atoms with Crippen molar-refractivity contribution in [1.29, 1.82) is 5.26 Å². The van der Waals surface area contributed by atoms with Gasteiger partial charge in [-0.15, -0.1) is 0 Å². The lowest BCUT2D eigenvalue weighted by atomic mass is 9.86. The van der Waals surface area contributed by atoms with E-state index >= 15 is 0 Å². The highest BCUT2D eigenvalue weighted by atomic mass is 14.9. The summed E-state index contributed by atoms with van der Waals surface area (Å²) in [6.45, 7) is 6.25. The second-order valence-electron chi connectivity index (χ2n) is 6.43. The molecule has 0 radical (unpaired) electrons. The number of nitriles is 1. The second-order valence-corrected chi connectivity index (χ2v) is 6.43. The fourth-order valence-electron chi connectivity index (χ4n) is 2.85. The smallest absolute Gasteiger partial charge is 0.0766 e. The number of rotatable bonds is 3. The molecule has 0 amide bonds. The first-order valence-electron chi connectivity index (χ1n) is 7.29. The molecule has 1 aromatic carbocycles. The average Bonchev–Trinajstić information content (AvgIpc) is 2.39. The van der Waals surface area contributed by atoms with Gasteiger partial charge in [0.2, 0.25) is 0 Å². The van der Waals surface area contributed by atoms with Gasteiger partial charge < -0.3 is 5.32 Å². The Bertz CT molecular complexity index is 453. The molecule has 1 aromatic rings. The lowest BCUT2D eigenvalue weighted by Crippen LogP contribution is -2.26. The van der Waals surface area contributed by atoms with Crippen LogP contribution in [0, 0.1) is 17.2 Å². The van der Waals surface area contributed by atoms with Crippen molar-refractivity contribution < 1.29 is 0 Å². The first kappa shape index (κ1) is 13.9. The van der Waals surface area contributed by atoms with Crippen LogP contribution >= 0.6 is 0 Å². The Hall–Kier alpha value is -1.49. The molecule has 0 saturated heterocycles. The Morgan fingerprint density at radius 1 is 1.21 bits per heavy atom. The van der Waals surface area contributed by atoms with Crippen LogP contribution in [0.4, 0.5) is 5.69 Å². The highest BCUT2D eigenvalue weighted by Crippen LogP contribution is 2.28. The van der Waals surface area contributed by atoms with E-state index in [4.69, 9.17) is 5.26 Å². The number of anilines is 1. The van der Waals surface area contributed by atoms with Crippen LogP contribution in [0.2, 0.25) is 0 Å². The van der Waals surface area contributed by atoms with Gasteiger partial charge in [0.05, 0.1) is 11.5 Å². The van der Waals surface area contributed by atoms with Gasteiger partial charge in [-0.3, -0.25) is 0 Å². The molecule has 0 aromatic heterocycles. The van der Waals surface area contributed by atoms with Crippen molar-refractivity contribution in [3.05, 3.63) is 29.8 Å². The summed E-state index contributed by atoms with van der Waals surface area (Å²) in [4.78, 5) is 0. The van der Waals surface area contributed by atoms with Crippen LogP contribution in [0.15, 0.2) is 24.3 Å². The van der Waals surface area contributed by atoms with Crippen LogP contribution in [-0.2, 0) is 5.41 Å². The maximum absolute atomic E-state index is 9.14. The van der Waals surface area contributed by atoms with Gasteiger partial charge in [0.15, 0.2) is 0 Å². The third kappa shape index (κ3) is 3.50. The van der Waals surface area contributed by atoms with Crippen LogP contribution in [0.25, 0.3) is 0 Å². The van der Waals surface area contributed by atoms with E-state index in [1.807, 2.05) is 13.8 Å². The zero-order valence-electron chi connectivity index (χ0n) is 12.2. The van der Waals surface area contributed by atoms with Crippen LogP contribution in [0.1, 0.15) is 52.0 Å². The van der Waals surface area contributed by atoms with Crippen LogP contribution in [0.3, 0.4) is 0 Å². The Morgan fingerprint density at radius 3 is 2.47 bits per heavy atom. The molecule has 0 bridgehead atoms. The number of hydrogen-bond donors (Lipinski definition) is 1. The van der Waals surface area contributed by atoms with E-state index in [-0.39, 0.29) is 0 Å². The summed E-state index contributed by atoms with van der Waals surface area (Å²) in [5, 5.41) is 12.8. The fourth-order valence-corrected chi connectivity index (χ4v) is 2.85. The van der Waals surface area contributed by atoms with E-state index in [0.29, 0.717) is 6.04 Å². The molecule has 1 aliphatic carbocycles. The molecule has 0 spiro atoms. The van der Waals surface area contributed by atoms with Gasteiger partial charge in [0.25, 0.3) is 0 Å². The largest absolute Gasteiger partial charge is 0.382 e. The first-order valence-corrected chi connectivity index (χ1v) is 7.29. The molecule has 1 N–H and O–H groups in total. The predicted molar refractivity (Wildman–Crippen MR) is 80.1 cm³/mol. The summed E-state index contributed by atoms with van der Waals surface area (Å²) >= 11 is 0. The molecule has 102 valence electrons. The third-order valence-corrected chi connectivity index (χ3v) is 4.19. The summed E-state index contributed by atoms with van der Waals surface area (Å²) in [7, 11) is 0. The van der Waals surface area contributed by atoms with Crippen molar-refractivity contribution in [1.82, 2.24) is 0 Å². The SMILES string of the molecule is CC1CCCC(Nc2ccc(C(C)(C)C#N)cc2)C1. The van der Waals surface area contributed by atoms with Crippen molar-refractivity contribution in [2.45, 2.75) is 57.9 Å². The summed E-state index contributed by atoms with van der Waals surface area (Å²) in [6.07, 6.45) is 5.24. The van der Waals surface area contributed by atoms with Crippen LogP contribution < -0.4 is 5.32 Å². The summed E-state index contributed by atoms with van der Waals surface area (Å²) in [6, 6.07) is 11.3. The van der Waals surface area contributed by atoms with Gasteiger partial charge in [-0.25, -0.2) is 0 Å². The van der Waals surface area contributed by atoms with Gasteiger partial charge in [-0.05, 0) is 50.3 Å². The molecule has 0 aliphatic heterocycles. The van der Waals surface area contributed by atoms with E-state index in [1.165, 1.54) is 31.4 Å². The van der Waals surface area contributed by atoms with Gasteiger partial charge >= 0.3 is 0 Å².